The minimum Gasteiger partial charge on any atom is -0.490 e. The summed E-state index contributed by atoms with van der Waals surface area (Å²) in [6, 6.07) is 9.58. The Kier molecular flexibility index (Phi) is 5.43. The average molecular weight is 389 g/mol. The van der Waals surface area contributed by atoms with Crippen LogP contribution in [0.15, 0.2) is 36.4 Å². The first-order valence-corrected chi connectivity index (χ1v) is 9.60. The van der Waals surface area contributed by atoms with E-state index in [9.17, 15) is 13.6 Å². The predicted octanol–water partition coefficient (Wildman–Crippen LogP) is 2.48. The van der Waals surface area contributed by atoms with Gasteiger partial charge in [0.1, 0.15) is 23.4 Å². The molecule has 0 spiro atoms. The first-order valence-electron chi connectivity index (χ1n) is 9.60. The molecular formula is C21H23F2N2O3+. The van der Waals surface area contributed by atoms with Crippen LogP contribution in [0.2, 0.25) is 0 Å². The molecule has 0 bridgehead atoms. The maximum Gasteiger partial charge on any atom is 0.279 e. The summed E-state index contributed by atoms with van der Waals surface area (Å²) < 4.78 is 39.0. The lowest BCUT2D eigenvalue weighted by Gasteiger charge is -2.22. The van der Waals surface area contributed by atoms with Crippen molar-refractivity contribution in [3.63, 3.8) is 0 Å². The van der Waals surface area contributed by atoms with E-state index < -0.39 is 23.2 Å². The van der Waals surface area contributed by atoms with Gasteiger partial charge in [-0.2, -0.15) is 0 Å². The van der Waals surface area contributed by atoms with Gasteiger partial charge in [0.15, 0.2) is 18.0 Å². The SMILES string of the molecule is O=C(C[NH+]1CCC[C@H]1c1ccc2c(c1)OCCCO2)Nc1c(F)cccc1F. The van der Waals surface area contributed by atoms with Crippen LogP contribution in [-0.2, 0) is 4.79 Å². The Balaban J connectivity index is 1.46. The largest absolute Gasteiger partial charge is 0.490 e. The molecular weight excluding hydrogens is 366 g/mol. The highest BCUT2D eigenvalue weighted by atomic mass is 19.1. The van der Waals surface area contributed by atoms with Crippen molar-refractivity contribution in [3.8, 4) is 11.5 Å². The van der Waals surface area contributed by atoms with E-state index in [1.54, 1.807) is 0 Å². The van der Waals surface area contributed by atoms with Crippen LogP contribution in [0.5, 0.6) is 11.5 Å². The standard InChI is InChI=1S/C21H22F2N2O3/c22-15-4-1-5-16(23)21(15)24-20(26)13-25-9-2-6-17(25)14-7-8-18-19(12-14)28-11-3-10-27-18/h1,4-5,7-8,12,17H,2-3,6,9-11,13H2,(H,24,26)/p+1/t17-/m0/s1. The van der Waals surface area contributed by atoms with Gasteiger partial charge in [0.25, 0.3) is 5.91 Å². The fourth-order valence-electron chi connectivity index (χ4n) is 3.93. The fraction of sp³-hybridized carbons (Fsp3) is 0.381. The molecule has 5 nitrogen and oxygen atoms in total. The van der Waals surface area contributed by atoms with Crippen LogP contribution in [0.4, 0.5) is 14.5 Å². The van der Waals surface area contributed by atoms with Crippen LogP contribution in [-0.4, -0.2) is 32.2 Å². The summed E-state index contributed by atoms with van der Waals surface area (Å²) in [6.07, 6.45) is 2.77. The number of likely N-dealkylation sites (tertiary alicyclic amines) is 1. The lowest BCUT2D eigenvalue weighted by atomic mass is 10.0. The zero-order chi connectivity index (χ0) is 19.5. The minimum atomic E-state index is -0.774. The fourth-order valence-corrected chi connectivity index (χ4v) is 3.93. The lowest BCUT2D eigenvalue weighted by Crippen LogP contribution is -3.11. The quantitative estimate of drug-likeness (QED) is 0.845. The number of fused-ring (bicyclic) bond motifs is 1. The van der Waals surface area contributed by atoms with Gasteiger partial charge in [0, 0.05) is 24.8 Å². The molecule has 28 heavy (non-hydrogen) atoms. The summed E-state index contributed by atoms with van der Waals surface area (Å²) in [5.41, 5.74) is 0.694. The molecule has 1 saturated heterocycles. The van der Waals surface area contributed by atoms with Gasteiger partial charge in [-0.15, -0.1) is 0 Å². The molecule has 1 fully saturated rings. The maximum atomic E-state index is 13.8. The van der Waals surface area contributed by atoms with Crippen LogP contribution in [0, 0.1) is 11.6 Å². The van der Waals surface area contributed by atoms with E-state index in [2.05, 4.69) is 5.32 Å². The summed E-state index contributed by atoms with van der Waals surface area (Å²) in [5.74, 6) is -0.471. The van der Waals surface area contributed by atoms with Gasteiger partial charge >= 0.3 is 0 Å². The average Bonchev–Trinajstić information content (AvgIpc) is 3.00. The summed E-state index contributed by atoms with van der Waals surface area (Å²) in [4.78, 5) is 13.5. The third-order valence-electron chi connectivity index (χ3n) is 5.27. The van der Waals surface area contributed by atoms with Gasteiger partial charge in [-0.05, 0) is 30.3 Å². The highest BCUT2D eigenvalue weighted by Gasteiger charge is 2.32. The van der Waals surface area contributed by atoms with Crippen molar-refractivity contribution >= 4 is 11.6 Å². The van der Waals surface area contributed by atoms with Crippen molar-refractivity contribution in [2.45, 2.75) is 25.3 Å². The van der Waals surface area contributed by atoms with Crippen molar-refractivity contribution in [2.75, 3.05) is 31.6 Å². The summed E-state index contributed by atoms with van der Waals surface area (Å²) in [6.45, 7) is 2.23. The number of anilines is 1. The number of carbonyl (C=O) groups excluding carboxylic acids is 1. The van der Waals surface area contributed by atoms with Crippen LogP contribution >= 0.6 is 0 Å². The maximum absolute atomic E-state index is 13.8. The number of carbonyl (C=O) groups is 1. The minimum absolute atomic E-state index is 0.133. The Morgan fingerprint density at radius 3 is 2.61 bits per heavy atom. The number of halogens is 2. The van der Waals surface area contributed by atoms with Gasteiger partial charge in [0.05, 0.1) is 19.8 Å². The Labute approximate surface area is 162 Å². The van der Waals surface area contributed by atoms with Crippen molar-refractivity contribution < 1.29 is 27.9 Å². The van der Waals surface area contributed by atoms with Crippen molar-refractivity contribution in [2.24, 2.45) is 0 Å². The van der Waals surface area contributed by atoms with E-state index in [1.165, 1.54) is 6.07 Å². The molecule has 1 amide bonds. The van der Waals surface area contributed by atoms with Gasteiger partial charge in [-0.1, -0.05) is 6.07 Å². The van der Waals surface area contributed by atoms with Crippen molar-refractivity contribution in [1.82, 2.24) is 0 Å². The van der Waals surface area contributed by atoms with Crippen LogP contribution in [0.1, 0.15) is 30.9 Å². The highest BCUT2D eigenvalue weighted by Crippen LogP contribution is 2.33. The molecule has 2 N–H and O–H groups in total. The third-order valence-corrected chi connectivity index (χ3v) is 5.27. The Morgan fingerprint density at radius 2 is 1.82 bits per heavy atom. The zero-order valence-electron chi connectivity index (χ0n) is 15.5. The zero-order valence-corrected chi connectivity index (χ0v) is 15.5. The van der Waals surface area contributed by atoms with E-state index in [-0.39, 0.29) is 12.6 Å². The number of nitrogens with one attached hydrogen (secondary N) is 2. The number of hydrogen-bond donors (Lipinski definition) is 2. The van der Waals surface area contributed by atoms with Crippen LogP contribution in [0.25, 0.3) is 0 Å². The molecule has 0 saturated carbocycles. The second kappa shape index (κ2) is 8.14. The predicted molar refractivity (Wildman–Crippen MR) is 99.7 cm³/mol. The van der Waals surface area contributed by atoms with E-state index in [0.717, 1.165) is 59.9 Å². The van der Waals surface area contributed by atoms with E-state index in [0.29, 0.717) is 13.2 Å². The van der Waals surface area contributed by atoms with E-state index in [4.69, 9.17) is 9.47 Å². The second-order valence-corrected chi connectivity index (χ2v) is 7.18. The number of hydrogen-bond acceptors (Lipinski definition) is 3. The highest BCUT2D eigenvalue weighted by molar-refractivity contribution is 5.91. The van der Waals surface area contributed by atoms with E-state index in [1.807, 2.05) is 18.2 Å². The van der Waals surface area contributed by atoms with Gasteiger partial charge in [-0.3, -0.25) is 4.79 Å². The Morgan fingerprint density at radius 1 is 1.07 bits per heavy atom. The Bertz CT molecular complexity index is 854. The number of ether oxygens (including phenoxy) is 2. The Hall–Kier alpha value is -2.67. The van der Waals surface area contributed by atoms with Crippen LogP contribution in [0.3, 0.4) is 0 Å². The number of benzene rings is 2. The summed E-state index contributed by atoms with van der Waals surface area (Å²) in [7, 11) is 0. The van der Waals surface area contributed by atoms with Gasteiger partial charge < -0.3 is 19.7 Å². The van der Waals surface area contributed by atoms with Gasteiger partial charge in [-0.25, -0.2) is 8.78 Å². The molecule has 148 valence electrons. The van der Waals surface area contributed by atoms with Crippen molar-refractivity contribution in [3.05, 3.63) is 53.6 Å². The molecule has 7 heteroatoms. The van der Waals surface area contributed by atoms with Gasteiger partial charge in [0.2, 0.25) is 0 Å². The normalized spacial score (nSPS) is 21.2. The third kappa shape index (κ3) is 3.94. The van der Waals surface area contributed by atoms with E-state index >= 15 is 0 Å². The molecule has 0 aromatic heterocycles. The number of amides is 1. The van der Waals surface area contributed by atoms with Crippen molar-refractivity contribution in [1.29, 1.82) is 0 Å². The first-order chi connectivity index (χ1) is 13.6. The molecule has 2 atom stereocenters. The molecule has 4 rings (SSSR count). The smallest absolute Gasteiger partial charge is 0.279 e. The molecule has 0 radical (unpaired) electrons. The molecule has 2 aromatic rings. The molecule has 2 aliphatic heterocycles. The van der Waals surface area contributed by atoms with Crippen LogP contribution < -0.4 is 19.7 Å². The molecule has 2 aromatic carbocycles. The molecule has 0 aliphatic carbocycles. The number of rotatable bonds is 4. The molecule has 1 unspecified atom stereocenters. The molecule has 2 heterocycles. The molecule has 2 aliphatic rings. The summed E-state index contributed by atoms with van der Waals surface area (Å²) in [5, 5.41) is 2.38. The second-order valence-electron chi connectivity index (χ2n) is 7.18. The topological polar surface area (TPSA) is 52.0 Å². The number of quaternary nitrogens is 1. The summed E-state index contributed by atoms with van der Waals surface area (Å²) >= 11 is 0. The lowest BCUT2D eigenvalue weighted by molar-refractivity contribution is -0.910. The number of para-hydroxylation sites is 1. The first kappa shape index (κ1) is 18.7. The monoisotopic (exact) mass is 389 g/mol.